The van der Waals surface area contributed by atoms with E-state index in [2.05, 4.69) is 30.3 Å². The first-order valence-corrected chi connectivity index (χ1v) is 11.6. The number of benzene rings is 2. The normalized spacial score (nSPS) is 28.0. The summed E-state index contributed by atoms with van der Waals surface area (Å²) in [5.41, 5.74) is 12.5. The second-order valence-corrected chi connectivity index (χ2v) is 9.59. The highest BCUT2D eigenvalue weighted by atomic mass is 16.5. The van der Waals surface area contributed by atoms with Crippen LogP contribution in [-0.2, 0) is 28.2 Å². The van der Waals surface area contributed by atoms with Crippen molar-refractivity contribution < 1.29 is 9.47 Å². The molecule has 170 valence electrons. The second kappa shape index (κ2) is 8.09. The summed E-state index contributed by atoms with van der Waals surface area (Å²) in [5.74, 6) is 0.537. The lowest BCUT2D eigenvalue weighted by molar-refractivity contribution is -0.000372. The maximum atomic E-state index is 9.54. The maximum Gasteiger partial charge on any atom is 0.184 e. The molecule has 2 spiro atoms. The minimum atomic E-state index is -0.673. The summed E-state index contributed by atoms with van der Waals surface area (Å²) in [6, 6.07) is 14.8. The molecule has 2 aliphatic carbocycles. The van der Waals surface area contributed by atoms with Crippen molar-refractivity contribution in [3.05, 3.63) is 58.7 Å². The van der Waals surface area contributed by atoms with Gasteiger partial charge in [0.15, 0.2) is 5.66 Å². The number of rotatable bonds is 4. The molecule has 0 radical (unpaired) electrons. The number of fused-ring (bicyclic) bond motifs is 3. The molecule has 0 bridgehead atoms. The van der Waals surface area contributed by atoms with Gasteiger partial charge in [0.1, 0.15) is 5.84 Å². The van der Waals surface area contributed by atoms with Crippen LogP contribution in [0.15, 0.2) is 46.4 Å². The molecule has 1 saturated carbocycles. The number of aliphatic imine (C=N–C) groups is 2. The summed E-state index contributed by atoms with van der Waals surface area (Å²) in [6.07, 6.45) is 5.27. The number of methoxy groups -OCH3 is 2. The van der Waals surface area contributed by atoms with Gasteiger partial charge in [-0.25, -0.2) is 4.99 Å². The first-order valence-electron chi connectivity index (χ1n) is 11.6. The Bertz CT molecular complexity index is 1180. The van der Waals surface area contributed by atoms with Crippen LogP contribution in [0, 0.1) is 16.7 Å². The van der Waals surface area contributed by atoms with E-state index in [-0.39, 0.29) is 5.41 Å². The molecule has 2 aromatic carbocycles. The third-order valence-electron chi connectivity index (χ3n) is 7.73. The van der Waals surface area contributed by atoms with Crippen LogP contribution < -0.4 is 5.73 Å². The van der Waals surface area contributed by atoms with E-state index in [0.29, 0.717) is 24.1 Å². The third kappa shape index (κ3) is 3.38. The van der Waals surface area contributed by atoms with Crippen molar-refractivity contribution in [3.8, 4) is 17.2 Å². The van der Waals surface area contributed by atoms with E-state index < -0.39 is 5.66 Å². The van der Waals surface area contributed by atoms with Crippen LogP contribution >= 0.6 is 0 Å². The van der Waals surface area contributed by atoms with Crippen LogP contribution in [0.25, 0.3) is 11.1 Å². The van der Waals surface area contributed by atoms with E-state index in [0.717, 1.165) is 60.1 Å². The lowest BCUT2D eigenvalue weighted by Gasteiger charge is -2.44. The topological polar surface area (TPSA) is 93.0 Å². The zero-order valence-electron chi connectivity index (χ0n) is 19.5. The number of nitrogens with zero attached hydrogens (tertiary/aromatic N) is 3. The van der Waals surface area contributed by atoms with E-state index >= 15 is 0 Å². The zero-order valence-corrected chi connectivity index (χ0v) is 19.5. The van der Waals surface area contributed by atoms with Crippen molar-refractivity contribution in [3.63, 3.8) is 0 Å². The first kappa shape index (κ1) is 21.8. The lowest BCUT2D eigenvalue weighted by Crippen LogP contribution is -2.43. The molecule has 1 heterocycles. The van der Waals surface area contributed by atoms with Crippen LogP contribution in [0.2, 0.25) is 0 Å². The van der Waals surface area contributed by atoms with Crippen molar-refractivity contribution in [2.75, 3.05) is 14.2 Å². The van der Waals surface area contributed by atoms with Crippen molar-refractivity contribution in [2.45, 2.75) is 57.4 Å². The highest BCUT2D eigenvalue weighted by Crippen LogP contribution is 2.62. The predicted molar refractivity (Wildman–Crippen MR) is 129 cm³/mol. The fourth-order valence-corrected chi connectivity index (χ4v) is 6.02. The summed E-state index contributed by atoms with van der Waals surface area (Å²) in [5, 5.41) is 9.54. The Morgan fingerprint density at radius 1 is 1.09 bits per heavy atom. The minimum Gasteiger partial charge on any atom is -0.382 e. The van der Waals surface area contributed by atoms with E-state index in [1.54, 1.807) is 14.2 Å². The summed E-state index contributed by atoms with van der Waals surface area (Å²) >= 11 is 0. The van der Waals surface area contributed by atoms with E-state index in [9.17, 15) is 5.26 Å². The third-order valence-corrected chi connectivity index (χ3v) is 7.73. The Morgan fingerprint density at radius 2 is 1.88 bits per heavy atom. The average Bonchev–Trinajstić information content (AvgIpc) is 3.27. The fourth-order valence-electron chi connectivity index (χ4n) is 6.02. The summed E-state index contributed by atoms with van der Waals surface area (Å²) in [7, 11) is 3.47. The van der Waals surface area contributed by atoms with Crippen LogP contribution in [0.5, 0.6) is 0 Å². The molecule has 1 aliphatic heterocycles. The Hall–Kier alpha value is -3.01. The van der Waals surface area contributed by atoms with Gasteiger partial charge in [-0.2, -0.15) is 5.26 Å². The molecule has 5 rings (SSSR count). The standard InChI is InChI=1S/C27H30N4O2/c1-17-25(29)31-27(30-17)24-13-20(22-11-18(15-28)10-19(12-22)16-32-2)4-5-21(24)14-26(27)8-6-23(33-3)7-9-26/h4-5,10-13,23H,6-9,14,16H2,1-3H3,(H2,29,31). The Labute approximate surface area is 195 Å². The molecule has 0 saturated heterocycles. The number of ether oxygens (including phenoxy) is 2. The van der Waals surface area contributed by atoms with Crippen molar-refractivity contribution in [1.29, 1.82) is 5.26 Å². The van der Waals surface area contributed by atoms with Gasteiger partial charge < -0.3 is 15.2 Å². The monoisotopic (exact) mass is 442 g/mol. The van der Waals surface area contributed by atoms with Crippen LogP contribution in [0.4, 0.5) is 0 Å². The van der Waals surface area contributed by atoms with Gasteiger partial charge in [0, 0.05) is 25.2 Å². The van der Waals surface area contributed by atoms with E-state index in [1.165, 1.54) is 5.56 Å². The molecule has 2 aromatic rings. The zero-order chi connectivity index (χ0) is 23.2. The number of hydrogen-bond acceptors (Lipinski definition) is 6. The molecule has 1 fully saturated rings. The van der Waals surface area contributed by atoms with Crippen LogP contribution in [0.3, 0.4) is 0 Å². The van der Waals surface area contributed by atoms with Gasteiger partial charge >= 0.3 is 0 Å². The summed E-state index contributed by atoms with van der Waals surface area (Å²) in [6.45, 7) is 2.42. The lowest BCUT2D eigenvalue weighted by atomic mass is 9.65. The van der Waals surface area contributed by atoms with Gasteiger partial charge in [-0.15, -0.1) is 0 Å². The molecule has 2 N–H and O–H groups in total. The van der Waals surface area contributed by atoms with Crippen LogP contribution in [-0.4, -0.2) is 31.9 Å². The van der Waals surface area contributed by atoms with Gasteiger partial charge in [-0.1, -0.05) is 12.1 Å². The Morgan fingerprint density at radius 3 is 2.52 bits per heavy atom. The molecule has 6 nitrogen and oxygen atoms in total. The molecule has 3 aliphatic rings. The Kier molecular flexibility index (Phi) is 5.35. The molecule has 33 heavy (non-hydrogen) atoms. The summed E-state index contributed by atoms with van der Waals surface area (Å²) < 4.78 is 11.0. The minimum absolute atomic E-state index is 0.0823. The molecule has 1 unspecified atom stereocenters. The number of nitriles is 1. The molecule has 0 amide bonds. The van der Waals surface area contributed by atoms with E-state index in [1.807, 2.05) is 19.1 Å². The van der Waals surface area contributed by atoms with Crippen LogP contribution in [0.1, 0.15) is 54.9 Å². The van der Waals surface area contributed by atoms with Crippen molar-refractivity contribution >= 4 is 11.5 Å². The molecule has 0 aromatic heterocycles. The van der Waals surface area contributed by atoms with E-state index in [4.69, 9.17) is 25.2 Å². The molecular formula is C27H30N4O2. The maximum absolute atomic E-state index is 9.54. The van der Waals surface area contributed by atoms with Gasteiger partial charge in [-0.05, 0) is 85.5 Å². The van der Waals surface area contributed by atoms with Gasteiger partial charge in [0.2, 0.25) is 0 Å². The molecule has 6 heteroatoms. The summed E-state index contributed by atoms with van der Waals surface area (Å²) in [4.78, 5) is 10.2. The highest BCUT2D eigenvalue weighted by Gasteiger charge is 2.60. The highest BCUT2D eigenvalue weighted by molar-refractivity contribution is 6.41. The predicted octanol–water partition coefficient (Wildman–Crippen LogP) is 4.49. The number of nitrogens with two attached hydrogens (primary N) is 1. The smallest absolute Gasteiger partial charge is 0.184 e. The number of amidine groups is 1. The Balaban J connectivity index is 1.63. The van der Waals surface area contributed by atoms with Crippen molar-refractivity contribution in [1.82, 2.24) is 0 Å². The average molecular weight is 443 g/mol. The number of hydrogen-bond donors (Lipinski definition) is 1. The second-order valence-electron chi connectivity index (χ2n) is 9.59. The SMILES string of the molecule is COCc1cc(C#N)cc(-c2ccc3c(c2)C2(N=C(C)C(N)=N2)C2(CCC(OC)CC2)C3)c1. The first-order chi connectivity index (χ1) is 15.9. The molecule has 1 atom stereocenters. The van der Waals surface area contributed by atoms with Gasteiger partial charge in [0.25, 0.3) is 0 Å². The van der Waals surface area contributed by atoms with Gasteiger partial charge in [0.05, 0.1) is 30.1 Å². The quantitative estimate of drug-likeness (QED) is 0.755. The fraction of sp³-hybridized carbons (Fsp3) is 0.444. The van der Waals surface area contributed by atoms with Gasteiger partial charge in [-0.3, -0.25) is 4.99 Å². The van der Waals surface area contributed by atoms with Crippen molar-refractivity contribution in [2.24, 2.45) is 21.1 Å². The largest absolute Gasteiger partial charge is 0.382 e. The molecular weight excluding hydrogens is 412 g/mol.